The van der Waals surface area contributed by atoms with Crippen molar-refractivity contribution in [2.75, 3.05) is 0 Å². The molecule has 0 amide bonds. The maximum Gasteiger partial charge on any atom is -0.0173 e. The van der Waals surface area contributed by atoms with Crippen LogP contribution < -0.4 is 0 Å². The molecule has 0 saturated carbocycles. The van der Waals surface area contributed by atoms with Crippen molar-refractivity contribution in [2.24, 2.45) is 46.8 Å². The predicted molar refractivity (Wildman–Crippen MR) is 334 cm³/mol. The van der Waals surface area contributed by atoms with E-state index < -0.39 is 0 Å². The van der Waals surface area contributed by atoms with Gasteiger partial charge in [0.05, 0.1) is 0 Å². The zero-order chi connectivity index (χ0) is 53.2. The van der Waals surface area contributed by atoms with Crippen LogP contribution in [0, 0.1) is 52.8 Å². The van der Waals surface area contributed by atoms with E-state index in [4.69, 9.17) is 0 Å². The van der Waals surface area contributed by atoms with Crippen LogP contribution in [0.4, 0.5) is 0 Å². The summed E-state index contributed by atoms with van der Waals surface area (Å²) >= 11 is 0. The molecule has 0 aliphatic rings. The third-order valence-electron chi connectivity index (χ3n) is 19.0. The molecular weight excluding hydrogens is 865 g/mol. The zero-order valence-corrected chi connectivity index (χ0v) is 53.1. The molecule has 0 aromatic rings. The summed E-state index contributed by atoms with van der Waals surface area (Å²) < 4.78 is 0. The molecule has 0 aromatic carbocycles. The summed E-state index contributed by atoms with van der Waals surface area (Å²) in [7, 11) is 0. The maximum atomic E-state index is 2.58. The first-order valence-corrected chi connectivity index (χ1v) is 35.1. The highest BCUT2D eigenvalue weighted by atomic mass is 14.5. The fraction of sp³-hybridized carbons (Fsp3) is 0.986. The first-order chi connectivity index (χ1) is 35.3. The van der Waals surface area contributed by atoms with Crippen LogP contribution in [0.2, 0.25) is 0 Å². The van der Waals surface area contributed by atoms with Crippen molar-refractivity contribution in [2.45, 2.75) is 411 Å². The highest BCUT2D eigenvalue weighted by Crippen LogP contribution is 2.60. The summed E-state index contributed by atoms with van der Waals surface area (Å²) in [4.78, 5) is 0. The molecular formula is C72H145. The van der Waals surface area contributed by atoms with Gasteiger partial charge in [-0.15, -0.1) is 0 Å². The molecule has 0 bridgehead atoms. The van der Waals surface area contributed by atoms with Crippen molar-refractivity contribution >= 4 is 0 Å². The van der Waals surface area contributed by atoms with E-state index in [9.17, 15) is 0 Å². The molecule has 0 rings (SSSR count). The second-order valence-electron chi connectivity index (χ2n) is 25.7. The second kappa shape index (κ2) is 53.0. The van der Waals surface area contributed by atoms with Crippen LogP contribution in [0.3, 0.4) is 0 Å². The second-order valence-corrected chi connectivity index (χ2v) is 25.7. The van der Waals surface area contributed by atoms with Crippen LogP contribution in [0.15, 0.2) is 0 Å². The number of hydrogen-bond acceptors (Lipinski definition) is 0. The molecule has 0 fully saturated rings. The molecule has 0 N–H and O–H groups in total. The fourth-order valence-corrected chi connectivity index (χ4v) is 14.7. The molecule has 0 heterocycles. The van der Waals surface area contributed by atoms with E-state index in [0.717, 1.165) is 41.4 Å². The van der Waals surface area contributed by atoms with Gasteiger partial charge in [0.15, 0.2) is 0 Å². The third-order valence-corrected chi connectivity index (χ3v) is 19.0. The summed E-state index contributed by atoms with van der Waals surface area (Å²) in [6.45, 7) is 29.8. The zero-order valence-electron chi connectivity index (χ0n) is 53.1. The number of rotatable bonds is 59. The Morgan fingerprint density at radius 1 is 0.250 bits per heavy atom. The van der Waals surface area contributed by atoms with E-state index in [1.807, 2.05) is 0 Å². The fourth-order valence-electron chi connectivity index (χ4n) is 14.7. The molecule has 0 heteroatoms. The summed E-state index contributed by atoms with van der Waals surface area (Å²) in [6, 6.07) is 0. The van der Waals surface area contributed by atoms with E-state index >= 15 is 0 Å². The smallest absolute Gasteiger partial charge is 0.0173 e. The Hall–Kier alpha value is 0. The Morgan fingerprint density at radius 2 is 0.556 bits per heavy atom. The van der Waals surface area contributed by atoms with E-state index in [0.29, 0.717) is 5.41 Å². The van der Waals surface area contributed by atoms with Crippen molar-refractivity contribution < 1.29 is 0 Å². The van der Waals surface area contributed by atoms with Crippen molar-refractivity contribution in [1.29, 1.82) is 0 Å². The molecule has 0 nitrogen and oxygen atoms in total. The van der Waals surface area contributed by atoms with Crippen molar-refractivity contribution in [3.63, 3.8) is 0 Å². The van der Waals surface area contributed by atoms with Gasteiger partial charge in [0.1, 0.15) is 0 Å². The molecule has 1 radical (unpaired) electrons. The van der Waals surface area contributed by atoms with Gasteiger partial charge in [0.25, 0.3) is 0 Å². The molecule has 0 saturated heterocycles. The van der Waals surface area contributed by atoms with Gasteiger partial charge in [-0.1, -0.05) is 372 Å². The molecule has 0 spiro atoms. The molecule has 0 aliphatic carbocycles. The minimum Gasteiger partial charge on any atom is -0.0654 e. The highest BCUT2D eigenvalue weighted by molar-refractivity contribution is 5.14. The quantitative estimate of drug-likeness (QED) is 0.0533. The topological polar surface area (TPSA) is 0 Å². The standard InChI is InChI=1S/C72H145/c1-13-25-34-42-50-64(49-38-29-17-5)58-59-70(60-65(46-22-10)51-39-30-18-6)72(62-67(48-24-12)53-41-32-20-8,63-68(54-43-35-26-14-2)55-44-36-27-15-3)71(61-66(47-23-11)52-40-31-19-7)69(56-33-21-9)57-45-37-28-16-4/h64-69,71H,13-63H2,1-12H3. The van der Waals surface area contributed by atoms with Crippen LogP contribution in [0.5, 0.6) is 0 Å². The van der Waals surface area contributed by atoms with Gasteiger partial charge in [-0.25, -0.2) is 0 Å². The molecule has 7 unspecified atom stereocenters. The van der Waals surface area contributed by atoms with Crippen molar-refractivity contribution in [3.05, 3.63) is 5.92 Å². The van der Waals surface area contributed by atoms with Gasteiger partial charge < -0.3 is 0 Å². The Labute approximate surface area is 461 Å². The van der Waals surface area contributed by atoms with Gasteiger partial charge in [-0.05, 0) is 91.3 Å². The van der Waals surface area contributed by atoms with Crippen LogP contribution in [0.1, 0.15) is 411 Å². The lowest BCUT2D eigenvalue weighted by molar-refractivity contribution is 0.00690. The maximum absolute atomic E-state index is 2.58. The van der Waals surface area contributed by atoms with Crippen molar-refractivity contribution in [3.8, 4) is 0 Å². The van der Waals surface area contributed by atoms with Crippen molar-refractivity contribution in [1.82, 2.24) is 0 Å². The van der Waals surface area contributed by atoms with E-state index in [-0.39, 0.29) is 0 Å². The average Bonchev–Trinajstić information content (AvgIpc) is 3.37. The molecule has 7 atom stereocenters. The molecule has 72 heavy (non-hydrogen) atoms. The van der Waals surface area contributed by atoms with E-state index in [1.165, 1.54) is 308 Å². The van der Waals surface area contributed by atoms with Gasteiger partial charge in [0, 0.05) is 0 Å². The largest absolute Gasteiger partial charge is 0.0654 e. The Morgan fingerprint density at radius 3 is 0.972 bits per heavy atom. The monoisotopic (exact) mass is 1010 g/mol. The van der Waals surface area contributed by atoms with E-state index in [1.54, 1.807) is 19.3 Å². The summed E-state index contributed by atoms with van der Waals surface area (Å²) in [5, 5.41) is 0. The van der Waals surface area contributed by atoms with Crippen LogP contribution in [-0.2, 0) is 0 Å². The van der Waals surface area contributed by atoms with Crippen LogP contribution >= 0.6 is 0 Å². The van der Waals surface area contributed by atoms with Gasteiger partial charge in [-0.3, -0.25) is 0 Å². The Balaban J connectivity index is 9.04. The van der Waals surface area contributed by atoms with E-state index in [2.05, 4.69) is 89.0 Å². The summed E-state index contributed by atoms with van der Waals surface area (Å²) in [6.07, 6.45) is 74.1. The van der Waals surface area contributed by atoms with Crippen LogP contribution in [-0.4, -0.2) is 0 Å². The normalized spacial score (nSPS) is 15.6. The first-order valence-electron chi connectivity index (χ1n) is 35.1. The Bertz CT molecular complexity index is 1020. The van der Waals surface area contributed by atoms with Gasteiger partial charge in [0.2, 0.25) is 0 Å². The first kappa shape index (κ1) is 72.0. The molecule has 0 aliphatic heterocycles. The third kappa shape index (κ3) is 36.2. The van der Waals surface area contributed by atoms with Crippen LogP contribution in [0.25, 0.3) is 0 Å². The summed E-state index contributed by atoms with van der Waals surface area (Å²) in [5.41, 5.74) is 0.374. The van der Waals surface area contributed by atoms with Gasteiger partial charge >= 0.3 is 0 Å². The predicted octanol–water partition coefficient (Wildman–Crippen LogP) is 27.0. The molecule has 433 valence electrons. The SMILES string of the molecule is CCCCCCC(CCCCC)CC[C](CC(CCC)CCCCC)C(CC(CCC)CCCCC)(CC(CCCCCC)CCCCCC)C(CC(CCC)CCCCC)C(CCCC)CCCCCC. The minimum atomic E-state index is 0.374. The Kier molecular flexibility index (Phi) is 53.0. The minimum absolute atomic E-state index is 0.374. The highest BCUT2D eigenvalue weighted by Gasteiger charge is 2.50. The lowest BCUT2D eigenvalue weighted by atomic mass is 9.50. The average molecular weight is 1010 g/mol. The summed E-state index contributed by atoms with van der Waals surface area (Å²) in [5.74, 6) is 8.47. The number of unbranched alkanes of at least 4 members (excludes halogenated alkanes) is 21. The molecule has 0 aromatic heterocycles. The number of hydrogen-bond donors (Lipinski definition) is 0. The lowest BCUT2D eigenvalue weighted by Gasteiger charge is -2.55. The van der Waals surface area contributed by atoms with Gasteiger partial charge in [-0.2, -0.15) is 0 Å². The lowest BCUT2D eigenvalue weighted by Crippen LogP contribution is -2.45.